The molecule has 0 unspecified atom stereocenters. The van der Waals surface area contributed by atoms with E-state index in [0.29, 0.717) is 56.4 Å². The molecule has 2 aromatic carbocycles. The topological polar surface area (TPSA) is 105 Å². The standard InChI is InChI=1S/C28H28N4O6/c33-25(29-16-20-8-9-22-24(15-20)38-19-37-22)17-31-18-32(21-5-2-1-3-6-21)28(27(31)35)10-12-30(13-11-28)26(34)23-7-4-14-36-23/h1-9,14-15H,10-13,16-19H2,(H,29,33). The number of nitrogens with zero attached hydrogens (tertiary/aromatic N) is 3. The lowest BCUT2D eigenvalue weighted by Gasteiger charge is -2.43. The Morgan fingerprint density at radius 1 is 0.947 bits per heavy atom. The second kappa shape index (κ2) is 9.77. The van der Waals surface area contributed by atoms with E-state index in [4.69, 9.17) is 13.9 Å². The molecule has 0 saturated carbocycles. The predicted octanol–water partition coefficient (Wildman–Crippen LogP) is 2.61. The van der Waals surface area contributed by atoms with Crippen LogP contribution in [0.5, 0.6) is 11.5 Å². The Labute approximate surface area is 219 Å². The van der Waals surface area contributed by atoms with Crippen LogP contribution in [0, 0.1) is 0 Å². The molecule has 10 heteroatoms. The average Bonchev–Trinajstić information content (AvgIpc) is 3.70. The molecule has 3 aromatic rings. The molecule has 1 aromatic heterocycles. The molecule has 38 heavy (non-hydrogen) atoms. The second-order valence-corrected chi connectivity index (χ2v) is 9.67. The summed E-state index contributed by atoms with van der Waals surface area (Å²) in [6.45, 7) is 1.58. The van der Waals surface area contributed by atoms with E-state index in [9.17, 15) is 14.4 Å². The molecule has 0 atom stereocenters. The quantitative estimate of drug-likeness (QED) is 0.537. The first kappa shape index (κ1) is 23.9. The molecule has 3 aliphatic rings. The molecule has 4 heterocycles. The van der Waals surface area contributed by atoms with Crippen molar-refractivity contribution < 1.29 is 28.3 Å². The van der Waals surface area contributed by atoms with Crippen molar-refractivity contribution in [2.45, 2.75) is 24.9 Å². The number of amides is 3. The Bertz CT molecular complexity index is 1330. The molecule has 3 aliphatic heterocycles. The summed E-state index contributed by atoms with van der Waals surface area (Å²) in [5.41, 5.74) is 0.972. The van der Waals surface area contributed by atoms with Gasteiger partial charge in [-0.05, 0) is 54.8 Å². The summed E-state index contributed by atoms with van der Waals surface area (Å²) in [4.78, 5) is 45.0. The Balaban J connectivity index is 1.15. The SMILES string of the molecule is O=C(CN1CN(c2ccccc2)C2(CCN(C(=O)c3ccco3)CC2)C1=O)NCc1ccc2c(c1)OCO2. The number of piperidine rings is 1. The number of furan rings is 1. The molecule has 0 radical (unpaired) electrons. The summed E-state index contributed by atoms with van der Waals surface area (Å²) in [5.74, 6) is 1.12. The van der Waals surface area contributed by atoms with Crippen LogP contribution in [-0.4, -0.2) is 66.2 Å². The number of likely N-dealkylation sites (tertiary alicyclic amines) is 1. The molecule has 10 nitrogen and oxygen atoms in total. The fourth-order valence-electron chi connectivity index (χ4n) is 5.44. The van der Waals surface area contributed by atoms with Gasteiger partial charge in [0.25, 0.3) is 11.8 Å². The van der Waals surface area contributed by atoms with Crippen LogP contribution in [0.15, 0.2) is 71.3 Å². The smallest absolute Gasteiger partial charge is 0.289 e. The lowest BCUT2D eigenvalue weighted by molar-refractivity contribution is -0.137. The molecule has 196 valence electrons. The van der Waals surface area contributed by atoms with Gasteiger partial charge in [0, 0.05) is 25.3 Å². The lowest BCUT2D eigenvalue weighted by atomic mass is 9.85. The zero-order valence-electron chi connectivity index (χ0n) is 20.8. The van der Waals surface area contributed by atoms with E-state index < -0.39 is 5.54 Å². The maximum absolute atomic E-state index is 13.9. The van der Waals surface area contributed by atoms with Crippen LogP contribution in [0.25, 0.3) is 0 Å². The maximum atomic E-state index is 13.9. The minimum Gasteiger partial charge on any atom is -0.459 e. The van der Waals surface area contributed by atoms with Gasteiger partial charge in [0.2, 0.25) is 12.7 Å². The number of ether oxygens (including phenoxy) is 2. The van der Waals surface area contributed by atoms with Crippen LogP contribution < -0.4 is 19.7 Å². The molecule has 1 spiro atoms. The number of carbonyl (C=O) groups excluding carboxylic acids is 3. The number of fused-ring (bicyclic) bond motifs is 1. The minimum absolute atomic E-state index is 0.0521. The first-order chi connectivity index (χ1) is 18.5. The maximum Gasteiger partial charge on any atom is 0.289 e. The Hall–Kier alpha value is -4.47. The van der Waals surface area contributed by atoms with Crippen molar-refractivity contribution in [3.05, 3.63) is 78.3 Å². The largest absolute Gasteiger partial charge is 0.459 e. The van der Waals surface area contributed by atoms with Crippen molar-refractivity contribution in [2.75, 3.05) is 38.0 Å². The number of nitrogens with one attached hydrogen (secondary N) is 1. The van der Waals surface area contributed by atoms with Gasteiger partial charge in [-0.2, -0.15) is 0 Å². The van der Waals surface area contributed by atoms with Crippen molar-refractivity contribution in [3.63, 3.8) is 0 Å². The molecular weight excluding hydrogens is 488 g/mol. The highest BCUT2D eigenvalue weighted by molar-refractivity contribution is 5.97. The number of anilines is 1. The van der Waals surface area contributed by atoms with Gasteiger partial charge in [0.15, 0.2) is 17.3 Å². The highest BCUT2D eigenvalue weighted by atomic mass is 16.7. The Morgan fingerprint density at radius 3 is 2.50 bits per heavy atom. The zero-order chi connectivity index (χ0) is 26.1. The third kappa shape index (κ3) is 4.31. The molecule has 2 fully saturated rings. The molecule has 2 saturated heterocycles. The number of rotatable bonds is 6. The summed E-state index contributed by atoms with van der Waals surface area (Å²) in [6.07, 6.45) is 2.40. The van der Waals surface area contributed by atoms with Crippen molar-refractivity contribution in [1.29, 1.82) is 0 Å². The molecule has 6 rings (SSSR count). The summed E-state index contributed by atoms with van der Waals surface area (Å²) in [6, 6.07) is 18.6. The fourth-order valence-corrected chi connectivity index (χ4v) is 5.44. The van der Waals surface area contributed by atoms with E-state index >= 15 is 0 Å². The van der Waals surface area contributed by atoms with E-state index in [1.165, 1.54) is 6.26 Å². The number of carbonyl (C=O) groups is 3. The number of hydrogen-bond donors (Lipinski definition) is 1. The van der Waals surface area contributed by atoms with E-state index in [0.717, 1.165) is 11.3 Å². The van der Waals surface area contributed by atoms with Crippen molar-refractivity contribution in [1.82, 2.24) is 15.1 Å². The second-order valence-electron chi connectivity index (χ2n) is 9.67. The highest BCUT2D eigenvalue weighted by Gasteiger charge is 2.54. The van der Waals surface area contributed by atoms with Crippen LogP contribution >= 0.6 is 0 Å². The van der Waals surface area contributed by atoms with Gasteiger partial charge in [-0.1, -0.05) is 24.3 Å². The first-order valence-corrected chi connectivity index (χ1v) is 12.6. The lowest BCUT2D eigenvalue weighted by Crippen LogP contribution is -2.57. The van der Waals surface area contributed by atoms with Crippen LogP contribution in [0.3, 0.4) is 0 Å². The monoisotopic (exact) mass is 516 g/mol. The average molecular weight is 517 g/mol. The number of hydrogen-bond acceptors (Lipinski definition) is 7. The minimum atomic E-state index is -0.821. The van der Waals surface area contributed by atoms with Gasteiger partial charge >= 0.3 is 0 Å². The van der Waals surface area contributed by atoms with E-state index in [-0.39, 0.29) is 31.1 Å². The van der Waals surface area contributed by atoms with Crippen LogP contribution in [-0.2, 0) is 16.1 Å². The molecule has 1 N–H and O–H groups in total. The Kier molecular flexibility index (Phi) is 6.15. The first-order valence-electron chi connectivity index (χ1n) is 12.6. The molecule has 0 aliphatic carbocycles. The normalized spacial score (nSPS) is 17.8. The zero-order valence-corrected chi connectivity index (χ0v) is 20.8. The van der Waals surface area contributed by atoms with Crippen LogP contribution in [0.2, 0.25) is 0 Å². The summed E-state index contributed by atoms with van der Waals surface area (Å²) < 4.78 is 16.0. The molecular formula is C28H28N4O6. The van der Waals surface area contributed by atoms with E-state index in [1.807, 2.05) is 48.5 Å². The number of benzene rings is 2. The predicted molar refractivity (Wildman–Crippen MR) is 136 cm³/mol. The van der Waals surface area contributed by atoms with Gasteiger partial charge in [-0.3, -0.25) is 14.4 Å². The van der Waals surface area contributed by atoms with Crippen molar-refractivity contribution in [3.8, 4) is 11.5 Å². The van der Waals surface area contributed by atoms with Gasteiger partial charge in [-0.15, -0.1) is 0 Å². The van der Waals surface area contributed by atoms with Crippen LogP contribution in [0.4, 0.5) is 5.69 Å². The van der Waals surface area contributed by atoms with Gasteiger partial charge < -0.3 is 33.9 Å². The summed E-state index contributed by atoms with van der Waals surface area (Å²) in [7, 11) is 0. The van der Waals surface area contributed by atoms with Gasteiger partial charge in [0.05, 0.1) is 12.9 Å². The third-order valence-electron chi connectivity index (χ3n) is 7.45. The Morgan fingerprint density at radius 2 is 1.74 bits per heavy atom. The summed E-state index contributed by atoms with van der Waals surface area (Å²) >= 11 is 0. The van der Waals surface area contributed by atoms with Crippen molar-refractivity contribution >= 4 is 23.4 Å². The van der Waals surface area contributed by atoms with E-state index in [1.54, 1.807) is 21.9 Å². The van der Waals surface area contributed by atoms with Gasteiger partial charge in [-0.25, -0.2) is 0 Å². The molecule has 0 bridgehead atoms. The molecule has 3 amide bonds. The highest BCUT2D eigenvalue weighted by Crippen LogP contribution is 2.39. The number of para-hydroxylation sites is 1. The third-order valence-corrected chi connectivity index (χ3v) is 7.45. The van der Waals surface area contributed by atoms with Gasteiger partial charge in [0.1, 0.15) is 12.1 Å². The fraction of sp³-hybridized carbons (Fsp3) is 0.321. The van der Waals surface area contributed by atoms with E-state index in [2.05, 4.69) is 10.2 Å². The van der Waals surface area contributed by atoms with Crippen LogP contribution in [0.1, 0.15) is 29.0 Å². The van der Waals surface area contributed by atoms with Crippen molar-refractivity contribution in [2.24, 2.45) is 0 Å². The summed E-state index contributed by atoms with van der Waals surface area (Å²) in [5, 5.41) is 2.91.